The van der Waals surface area contributed by atoms with Crippen molar-refractivity contribution in [3.05, 3.63) is 89.6 Å². The van der Waals surface area contributed by atoms with Gasteiger partial charge in [-0.2, -0.15) is 4.39 Å². The van der Waals surface area contributed by atoms with E-state index in [-0.39, 0.29) is 5.56 Å². The van der Waals surface area contributed by atoms with Gasteiger partial charge in [0.25, 0.3) is 5.91 Å². The average molecular weight is 393 g/mol. The lowest BCUT2D eigenvalue weighted by Gasteiger charge is -2.08. The number of benzene rings is 2. The van der Waals surface area contributed by atoms with E-state index in [4.69, 9.17) is 11.6 Å². The third-order valence-corrected chi connectivity index (χ3v) is 4.47. The number of halogens is 2. The number of rotatable bonds is 4. The number of imidazole rings is 1. The number of hydrogen-bond donors (Lipinski definition) is 2. The molecule has 28 heavy (non-hydrogen) atoms. The molecule has 5 nitrogen and oxygen atoms in total. The minimum absolute atomic E-state index is 0.136. The number of aromatic nitrogens is 3. The highest BCUT2D eigenvalue weighted by atomic mass is 35.5. The molecular weight excluding hydrogens is 379 g/mol. The normalized spacial score (nSPS) is 10.6. The molecule has 0 radical (unpaired) electrons. The topological polar surface area (TPSA) is 70.7 Å². The van der Waals surface area contributed by atoms with Gasteiger partial charge in [0.1, 0.15) is 5.82 Å². The van der Waals surface area contributed by atoms with Crippen molar-refractivity contribution in [3.63, 3.8) is 0 Å². The van der Waals surface area contributed by atoms with Crippen molar-refractivity contribution >= 4 is 23.2 Å². The van der Waals surface area contributed by atoms with Crippen LogP contribution in [0.2, 0.25) is 5.02 Å². The first-order valence-corrected chi connectivity index (χ1v) is 8.82. The molecule has 0 spiro atoms. The summed E-state index contributed by atoms with van der Waals surface area (Å²) in [6.07, 6.45) is 3.00. The van der Waals surface area contributed by atoms with Crippen LogP contribution in [0.1, 0.15) is 10.4 Å². The maximum absolute atomic E-state index is 13.7. The fourth-order valence-corrected chi connectivity index (χ4v) is 2.97. The van der Waals surface area contributed by atoms with Gasteiger partial charge < -0.3 is 10.3 Å². The van der Waals surface area contributed by atoms with Crippen molar-refractivity contribution < 1.29 is 9.18 Å². The summed E-state index contributed by atoms with van der Waals surface area (Å²) in [5, 5.41) is 3.13. The van der Waals surface area contributed by atoms with Crippen LogP contribution in [0.4, 0.5) is 10.1 Å². The Labute approximate surface area is 165 Å². The number of carbonyl (C=O) groups is 1. The van der Waals surface area contributed by atoms with Crippen LogP contribution in [-0.4, -0.2) is 20.9 Å². The van der Waals surface area contributed by atoms with Gasteiger partial charge in [0.05, 0.1) is 22.5 Å². The molecule has 0 aliphatic carbocycles. The third kappa shape index (κ3) is 3.63. The fraction of sp³-hybridized carbons (Fsp3) is 0. The zero-order valence-electron chi connectivity index (χ0n) is 14.5. The summed E-state index contributed by atoms with van der Waals surface area (Å²) in [4.78, 5) is 23.4. The van der Waals surface area contributed by atoms with Crippen LogP contribution in [-0.2, 0) is 0 Å². The summed E-state index contributed by atoms with van der Waals surface area (Å²) >= 11 is 6.32. The number of amides is 1. The number of anilines is 1. The zero-order chi connectivity index (χ0) is 19.5. The number of aromatic amines is 1. The number of carbonyl (C=O) groups excluding carboxylic acids is 1. The van der Waals surface area contributed by atoms with Crippen molar-refractivity contribution in [1.82, 2.24) is 15.0 Å². The highest BCUT2D eigenvalue weighted by Gasteiger charge is 2.14. The van der Waals surface area contributed by atoms with E-state index in [1.165, 1.54) is 18.3 Å². The van der Waals surface area contributed by atoms with E-state index >= 15 is 0 Å². The number of pyridine rings is 1. The van der Waals surface area contributed by atoms with Crippen LogP contribution in [0, 0.1) is 5.95 Å². The Morgan fingerprint density at radius 1 is 1.04 bits per heavy atom. The van der Waals surface area contributed by atoms with E-state index < -0.39 is 11.9 Å². The first-order chi connectivity index (χ1) is 13.6. The van der Waals surface area contributed by atoms with E-state index in [2.05, 4.69) is 20.3 Å². The maximum atomic E-state index is 13.7. The second-order valence-corrected chi connectivity index (χ2v) is 6.41. The molecule has 0 aliphatic heterocycles. The van der Waals surface area contributed by atoms with Gasteiger partial charge in [0.2, 0.25) is 5.95 Å². The van der Waals surface area contributed by atoms with Crippen LogP contribution in [0.5, 0.6) is 0 Å². The quantitative estimate of drug-likeness (QED) is 0.470. The molecule has 0 aliphatic rings. The van der Waals surface area contributed by atoms with Crippen molar-refractivity contribution in [3.8, 4) is 22.6 Å². The second-order valence-electron chi connectivity index (χ2n) is 6.00. The molecule has 4 rings (SSSR count). The van der Waals surface area contributed by atoms with Gasteiger partial charge in [-0.1, -0.05) is 41.9 Å². The standard InChI is InChI=1S/C21H14ClFN4O/c22-17-9-8-14(26-21(28)15-7-4-10-24-19(15)23)11-16(17)20-25-12-18(27-20)13-5-2-1-3-6-13/h1-12H,(H,25,27)(H,26,28). The predicted molar refractivity (Wildman–Crippen MR) is 107 cm³/mol. The Balaban J connectivity index is 1.62. The number of hydrogen-bond acceptors (Lipinski definition) is 3. The molecular formula is C21H14ClFN4O. The van der Waals surface area contributed by atoms with Crippen molar-refractivity contribution in [2.75, 3.05) is 5.32 Å². The lowest BCUT2D eigenvalue weighted by atomic mass is 10.1. The van der Waals surface area contributed by atoms with Gasteiger partial charge in [-0.15, -0.1) is 0 Å². The Hall–Kier alpha value is -3.51. The Morgan fingerprint density at radius 3 is 2.64 bits per heavy atom. The predicted octanol–water partition coefficient (Wildman–Crippen LogP) is 5.18. The number of nitrogens with zero attached hydrogens (tertiary/aromatic N) is 2. The second kappa shape index (κ2) is 7.62. The molecule has 0 atom stereocenters. The monoisotopic (exact) mass is 392 g/mol. The summed E-state index contributed by atoms with van der Waals surface area (Å²) < 4.78 is 13.7. The van der Waals surface area contributed by atoms with Crippen LogP contribution >= 0.6 is 11.6 Å². The summed E-state index contributed by atoms with van der Waals surface area (Å²) in [5.74, 6) is -0.858. The largest absolute Gasteiger partial charge is 0.338 e. The molecule has 2 aromatic heterocycles. The van der Waals surface area contributed by atoms with Gasteiger partial charge in [-0.3, -0.25) is 4.79 Å². The zero-order valence-corrected chi connectivity index (χ0v) is 15.2. The molecule has 0 fully saturated rings. The first-order valence-electron chi connectivity index (χ1n) is 8.44. The van der Waals surface area contributed by atoms with E-state index in [0.717, 1.165) is 11.3 Å². The Bertz CT molecular complexity index is 1140. The minimum atomic E-state index is -0.826. The van der Waals surface area contributed by atoms with Crippen molar-refractivity contribution in [2.24, 2.45) is 0 Å². The van der Waals surface area contributed by atoms with E-state index in [1.807, 2.05) is 30.3 Å². The first kappa shape index (κ1) is 17.9. The average Bonchev–Trinajstić information content (AvgIpc) is 3.20. The number of nitrogens with one attached hydrogen (secondary N) is 2. The summed E-state index contributed by atoms with van der Waals surface area (Å²) in [7, 11) is 0. The van der Waals surface area contributed by atoms with E-state index in [1.54, 1.807) is 24.4 Å². The highest BCUT2D eigenvalue weighted by Crippen LogP contribution is 2.30. The fourth-order valence-electron chi connectivity index (χ4n) is 2.76. The molecule has 0 saturated heterocycles. The molecule has 2 N–H and O–H groups in total. The molecule has 0 saturated carbocycles. The summed E-state index contributed by atoms with van der Waals surface area (Å²) in [6, 6.07) is 17.6. The molecule has 4 aromatic rings. The molecule has 7 heteroatoms. The van der Waals surface area contributed by atoms with Crippen LogP contribution in [0.3, 0.4) is 0 Å². The van der Waals surface area contributed by atoms with Gasteiger partial charge in [-0.25, -0.2) is 9.97 Å². The Morgan fingerprint density at radius 2 is 1.86 bits per heavy atom. The molecule has 1 amide bonds. The van der Waals surface area contributed by atoms with Gasteiger partial charge in [0, 0.05) is 17.4 Å². The summed E-state index contributed by atoms with van der Waals surface area (Å²) in [5.41, 5.74) is 2.79. The van der Waals surface area contributed by atoms with Crippen molar-refractivity contribution in [1.29, 1.82) is 0 Å². The minimum Gasteiger partial charge on any atom is -0.338 e. The number of H-pyrrole nitrogens is 1. The van der Waals surface area contributed by atoms with Crippen LogP contribution in [0.15, 0.2) is 73.1 Å². The SMILES string of the molecule is O=C(Nc1ccc(Cl)c(-c2ncc(-c3ccccc3)[nH]2)c1)c1cccnc1F. The van der Waals surface area contributed by atoms with Crippen LogP contribution in [0.25, 0.3) is 22.6 Å². The Kier molecular flexibility index (Phi) is 4.87. The van der Waals surface area contributed by atoms with Gasteiger partial charge in [-0.05, 0) is 35.9 Å². The van der Waals surface area contributed by atoms with Crippen LogP contribution < -0.4 is 5.32 Å². The lowest BCUT2D eigenvalue weighted by Crippen LogP contribution is -2.14. The van der Waals surface area contributed by atoms with Crippen molar-refractivity contribution in [2.45, 2.75) is 0 Å². The molecule has 2 heterocycles. The highest BCUT2D eigenvalue weighted by molar-refractivity contribution is 6.33. The third-order valence-electron chi connectivity index (χ3n) is 4.14. The lowest BCUT2D eigenvalue weighted by molar-refractivity contribution is 0.102. The molecule has 138 valence electrons. The molecule has 0 unspecified atom stereocenters. The van der Waals surface area contributed by atoms with E-state index in [9.17, 15) is 9.18 Å². The smallest absolute Gasteiger partial charge is 0.260 e. The molecule has 0 bridgehead atoms. The van der Waals surface area contributed by atoms with E-state index in [0.29, 0.717) is 22.1 Å². The van der Waals surface area contributed by atoms with Gasteiger partial charge >= 0.3 is 0 Å². The van der Waals surface area contributed by atoms with Gasteiger partial charge in [0.15, 0.2) is 0 Å². The summed E-state index contributed by atoms with van der Waals surface area (Å²) in [6.45, 7) is 0. The maximum Gasteiger partial charge on any atom is 0.260 e. The molecule has 2 aromatic carbocycles.